The molecule has 0 saturated heterocycles. The van der Waals surface area contributed by atoms with Gasteiger partial charge in [-0.15, -0.1) is 0 Å². The number of benzene rings is 1. The molecule has 0 heterocycles. The van der Waals surface area contributed by atoms with Crippen LogP contribution in [-0.4, -0.2) is 29.7 Å². The van der Waals surface area contributed by atoms with Crippen molar-refractivity contribution in [1.29, 1.82) is 0 Å². The van der Waals surface area contributed by atoms with Gasteiger partial charge in [-0.3, -0.25) is 4.79 Å². The fourth-order valence-corrected chi connectivity index (χ4v) is 1.32. The first-order valence-electron chi connectivity index (χ1n) is 4.89. The summed E-state index contributed by atoms with van der Waals surface area (Å²) < 4.78 is 35.7. The average Bonchev–Trinajstić information content (AvgIpc) is 2.23. The van der Waals surface area contributed by atoms with Gasteiger partial charge in [-0.05, 0) is 30.7 Å². The van der Waals surface area contributed by atoms with Crippen LogP contribution in [0.2, 0.25) is 0 Å². The Bertz CT molecular complexity index is 483. The summed E-state index contributed by atoms with van der Waals surface area (Å²) in [6.45, 7) is 0.0924. The average molecular weight is 261 g/mol. The number of aryl methyl sites for hydroxylation is 1. The summed E-state index contributed by atoms with van der Waals surface area (Å²) in [4.78, 5) is 22.1. The molecule has 0 aliphatic carbocycles. The predicted molar refractivity (Wildman–Crippen MR) is 56.5 cm³/mol. The summed E-state index contributed by atoms with van der Waals surface area (Å²) in [7, 11) is 0. The lowest BCUT2D eigenvalue weighted by molar-refractivity contribution is -0.123. The van der Waals surface area contributed by atoms with Crippen LogP contribution in [0.1, 0.15) is 26.3 Å². The minimum atomic E-state index is -4.50. The first kappa shape index (κ1) is 14.0. The summed E-state index contributed by atoms with van der Waals surface area (Å²) in [6, 6.07) is 3.67. The normalized spacial score (nSPS) is 11.1. The van der Waals surface area contributed by atoms with E-state index in [9.17, 15) is 22.8 Å². The van der Waals surface area contributed by atoms with E-state index in [1.807, 2.05) is 0 Å². The van der Waals surface area contributed by atoms with Gasteiger partial charge in [0.15, 0.2) is 0 Å². The van der Waals surface area contributed by atoms with Gasteiger partial charge in [-0.25, -0.2) is 4.79 Å². The van der Waals surface area contributed by atoms with E-state index in [2.05, 4.69) is 0 Å². The molecular weight excluding hydrogens is 251 g/mol. The SMILES string of the molecule is Cc1cc(C(=O)O)cc(C(=O)NCC(F)(F)F)c1. The van der Waals surface area contributed by atoms with E-state index in [1.54, 1.807) is 12.2 Å². The van der Waals surface area contributed by atoms with Gasteiger partial charge in [0.1, 0.15) is 6.54 Å². The molecular formula is C11H10F3NO3. The number of carbonyl (C=O) groups is 2. The predicted octanol–water partition coefficient (Wildman–Crippen LogP) is 1.99. The first-order valence-corrected chi connectivity index (χ1v) is 4.89. The number of amides is 1. The van der Waals surface area contributed by atoms with Crippen molar-refractivity contribution < 1.29 is 27.9 Å². The highest BCUT2D eigenvalue weighted by Gasteiger charge is 2.28. The Morgan fingerprint density at radius 2 is 1.78 bits per heavy atom. The van der Waals surface area contributed by atoms with Gasteiger partial charge in [-0.1, -0.05) is 0 Å². The van der Waals surface area contributed by atoms with Crippen LogP contribution in [0.15, 0.2) is 18.2 Å². The van der Waals surface area contributed by atoms with Gasteiger partial charge in [-0.2, -0.15) is 13.2 Å². The number of halogens is 3. The maximum Gasteiger partial charge on any atom is 0.405 e. The van der Waals surface area contributed by atoms with Crippen LogP contribution in [0.25, 0.3) is 0 Å². The molecule has 0 fully saturated rings. The Balaban J connectivity index is 2.89. The molecule has 0 spiro atoms. The molecule has 0 atom stereocenters. The van der Waals surface area contributed by atoms with Crippen molar-refractivity contribution in [2.75, 3.05) is 6.54 Å². The van der Waals surface area contributed by atoms with E-state index in [1.165, 1.54) is 12.1 Å². The van der Waals surface area contributed by atoms with Crippen LogP contribution in [0.4, 0.5) is 13.2 Å². The van der Waals surface area contributed by atoms with Gasteiger partial charge >= 0.3 is 12.1 Å². The van der Waals surface area contributed by atoms with Crippen molar-refractivity contribution in [1.82, 2.24) is 5.32 Å². The molecule has 0 unspecified atom stereocenters. The second-order valence-electron chi connectivity index (χ2n) is 3.69. The lowest BCUT2D eigenvalue weighted by Gasteiger charge is -2.09. The smallest absolute Gasteiger partial charge is 0.405 e. The fraction of sp³-hybridized carbons (Fsp3) is 0.273. The molecule has 0 aromatic heterocycles. The van der Waals surface area contributed by atoms with E-state index in [4.69, 9.17) is 5.11 Å². The minimum absolute atomic E-state index is 0.114. The number of aromatic carboxylic acids is 1. The van der Waals surface area contributed by atoms with Crippen LogP contribution >= 0.6 is 0 Å². The molecule has 98 valence electrons. The van der Waals surface area contributed by atoms with E-state index in [0.29, 0.717) is 5.56 Å². The molecule has 1 aromatic carbocycles. The van der Waals surface area contributed by atoms with Gasteiger partial charge < -0.3 is 10.4 Å². The molecule has 0 saturated carbocycles. The second kappa shape index (κ2) is 5.07. The Labute approximate surface area is 100 Å². The number of carbonyl (C=O) groups excluding carboxylic acids is 1. The Kier molecular flexibility index (Phi) is 3.95. The molecule has 1 amide bonds. The Hall–Kier alpha value is -2.05. The van der Waals surface area contributed by atoms with Gasteiger partial charge in [0, 0.05) is 5.56 Å². The summed E-state index contributed by atoms with van der Waals surface area (Å²) in [6.07, 6.45) is -4.50. The van der Waals surface area contributed by atoms with Crippen LogP contribution < -0.4 is 5.32 Å². The van der Waals surface area contributed by atoms with Crippen LogP contribution in [0, 0.1) is 6.92 Å². The first-order chi connectivity index (χ1) is 8.19. The highest BCUT2D eigenvalue weighted by atomic mass is 19.4. The van der Waals surface area contributed by atoms with E-state index < -0.39 is 24.6 Å². The highest BCUT2D eigenvalue weighted by Crippen LogP contribution is 2.14. The van der Waals surface area contributed by atoms with Gasteiger partial charge in [0.05, 0.1) is 5.56 Å². The molecule has 4 nitrogen and oxygen atoms in total. The zero-order valence-electron chi connectivity index (χ0n) is 9.34. The van der Waals surface area contributed by atoms with Gasteiger partial charge in [0.2, 0.25) is 0 Å². The standard InChI is InChI=1S/C11H10F3NO3/c1-6-2-7(4-8(3-6)10(17)18)9(16)15-5-11(12,13)14/h2-4H,5H2,1H3,(H,15,16)(H,17,18). The number of rotatable bonds is 3. The summed E-state index contributed by atoms with van der Waals surface area (Å²) >= 11 is 0. The minimum Gasteiger partial charge on any atom is -0.478 e. The number of carboxylic acid groups (broad SMARTS) is 1. The molecule has 18 heavy (non-hydrogen) atoms. The largest absolute Gasteiger partial charge is 0.478 e. The topological polar surface area (TPSA) is 66.4 Å². The maximum absolute atomic E-state index is 11.9. The number of alkyl halides is 3. The molecule has 0 aliphatic rings. The van der Waals surface area contributed by atoms with E-state index >= 15 is 0 Å². The third-order valence-electron chi connectivity index (χ3n) is 2.04. The van der Waals surface area contributed by atoms with Crippen LogP contribution in [-0.2, 0) is 0 Å². The van der Waals surface area contributed by atoms with Crippen molar-refractivity contribution in [3.63, 3.8) is 0 Å². The maximum atomic E-state index is 11.9. The quantitative estimate of drug-likeness (QED) is 0.874. The molecule has 1 aromatic rings. The molecule has 2 N–H and O–H groups in total. The number of carboxylic acids is 1. The van der Waals surface area contributed by atoms with Crippen LogP contribution in [0.5, 0.6) is 0 Å². The summed E-state index contributed by atoms with van der Waals surface area (Å²) in [5.74, 6) is -2.21. The molecule has 0 bridgehead atoms. The third-order valence-corrected chi connectivity index (χ3v) is 2.04. The van der Waals surface area contributed by atoms with Gasteiger partial charge in [0.25, 0.3) is 5.91 Å². The van der Waals surface area contributed by atoms with Crippen molar-refractivity contribution in [3.05, 3.63) is 34.9 Å². The molecule has 0 aliphatic heterocycles. The number of hydrogen-bond donors (Lipinski definition) is 2. The Morgan fingerprint density at radius 1 is 1.22 bits per heavy atom. The summed E-state index contributed by atoms with van der Waals surface area (Å²) in [5.41, 5.74) is 0.218. The number of hydrogen-bond acceptors (Lipinski definition) is 2. The highest BCUT2D eigenvalue weighted by molar-refractivity contribution is 5.97. The second-order valence-corrected chi connectivity index (χ2v) is 3.69. The van der Waals surface area contributed by atoms with Crippen molar-refractivity contribution >= 4 is 11.9 Å². The monoisotopic (exact) mass is 261 g/mol. The molecule has 1 rings (SSSR count). The molecule has 7 heteroatoms. The van der Waals surface area contributed by atoms with Crippen molar-refractivity contribution in [2.45, 2.75) is 13.1 Å². The van der Waals surface area contributed by atoms with Crippen molar-refractivity contribution in [3.8, 4) is 0 Å². The lowest BCUT2D eigenvalue weighted by atomic mass is 10.1. The fourth-order valence-electron chi connectivity index (χ4n) is 1.32. The Morgan fingerprint density at radius 3 is 2.28 bits per heavy atom. The third kappa shape index (κ3) is 4.08. The number of nitrogens with one attached hydrogen (secondary N) is 1. The lowest BCUT2D eigenvalue weighted by Crippen LogP contribution is -2.33. The zero-order chi connectivity index (χ0) is 13.9. The van der Waals surface area contributed by atoms with E-state index in [0.717, 1.165) is 6.07 Å². The van der Waals surface area contributed by atoms with Crippen LogP contribution in [0.3, 0.4) is 0 Å². The summed E-state index contributed by atoms with van der Waals surface area (Å²) in [5, 5.41) is 10.4. The van der Waals surface area contributed by atoms with E-state index in [-0.39, 0.29) is 11.1 Å². The van der Waals surface area contributed by atoms with Crippen molar-refractivity contribution in [2.24, 2.45) is 0 Å². The zero-order valence-corrected chi connectivity index (χ0v) is 9.34. The molecule has 0 radical (unpaired) electrons.